The average molecular weight is 282 g/mol. The van der Waals surface area contributed by atoms with Crippen LogP contribution in [0.4, 0.5) is 0 Å². The average Bonchev–Trinajstić information content (AvgIpc) is 2.85. The molecule has 1 rings (SSSR count). The normalized spacial score (nSPS) is 12.2. The predicted octanol–water partition coefficient (Wildman–Crippen LogP) is -0.407. The summed E-state index contributed by atoms with van der Waals surface area (Å²) in [5, 5.41) is 22.9. The Morgan fingerprint density at radius 2 is 2.25 bits per heavy atom. The highest BCUT2D eigenvalue weighted by molar-refractivity contribution is 6.48. The summed E-state index contributed by atoms with van der Waals surface area (Å²) in [5.74, 6) is 0.367. The van der Waals surface area contributed by atoms with Crippen LogP contribution in [0.25, 0.3) is 0 Å². The van der Waals surface area contributed by atoms with Crippen LogP contribution < -0.4 is 11.1 Å². The molecule has 20 heavy (non-hydrogen) atoms. The van der Waals surface area contributed by atoms with Crippen LogP contribution in [0.5, 0.6) is 0 Å². The maximum Gasteiger partial charge on any atom is 0.285 e. The van der Waals surface area contributed by atoms with Crippen molar-refractivity contribution in [1.82, 2.24) is 25.5 Å². The number of hydrogen-bond acceptors (Lipinski definition) is 6. The Morgan fingerprint density at radius 3 is 2.90 bits per heavy atom. The summed E-state index contributed by atoms with van der Waals surface area (Å²) in [4.78, 5) is 11.3. The molecule has 1 aromatic heterocycles. The van der Waals surface area contributed by atoms with Gasteiger partial charge in [0, 0.05) is 7.05 Å². The van der Waals surface area contributed by atoms with Gasteiger partial charge in [0.25, 0.3) is 6.92 Å². The molecule has 0 saturated carbocycles. The van der Waals surface area contributed by atoms with Gasteiger partial charge in [0.15, 0.2) is 5.82 Å². The number of hydrogen-bond donors (Lipinski definition) is 3. The number of amides is 1. The molecular weight excluding hydrogens is 259 g/mol. The van der Waals surface area contributed by atoms with Crippen molar-refractivity contribution in [3.63, 3.8) is 0 Å². The van der Waals surface area contributed by atoms with E-state index in [1.165, 1.54) is 4.68 Å². The summed E-state index contributed by atoms with van der Waals surface area (Å²) in [6.45, 7) is 1.62. The highest BCUT2D eigenvalue weighted by Crippen LogP contribution is 2.15. The molecule has 1 unspecified atom stereocenters. The first-order valence-electron chi connectivity index (χ1n) is 6.95. The monoisotopic (exact) mass is 282 g/mol. The number of likely N-dealkylation sites (N-methyl/N-ethyl adjacent to an activating group) is 1. The summed E-state index contributed by atoms with van der Waals surface area (Å²) in [7, 11) is 1.56. The second kappa shape index (κ2) is 8.65. The van der Waals surface area contributed by atoms with Crippen LogP contribution >= 0.6 is 0 Å². The number of carbonyl (C=O) groups excluding carboxylic acids is 1. The second-order valence-corrected chi connectivity index (χ2v) is 4.96. The lowest BCUT2D eigenvalue weighted by Crippen LogP contribution is -2.27. The SMILES string of the molecule is CNC(=O)Cn1nnnc1C(N)CCCCCB(C)O. The lowest BCUT2D eigenvalue weighted by molar-refractivity contribution is -0.121. The first-order chi connectivity index (χ1) is 9.54. The lowest BCUT2D eigenvalue weighted by Gasteiger charge is -2.11. The van der Waals surface area contributed by atoms with Crippen molar-refractivity contribution in [2.75, 3.05) is 7.05 Å². The number of aromatic nitrogens is 4. The summed E-state index contributed by atoms with van der Waals surface area (Å²) >= 11 is 0. The van der Waals surface area contributed by atoms with E-state index in [1.54, 1.807) is 13.9 Å². The second-order valence-electron chi connectivity index (χ2n) is 4.96. The van der Waals surface area contributed by atoms with E-state index in [4.69, 9.17) is 10.8 Å². The number of nitrogens with two attached hydrogens (primary N) is 1. The van der Waals surface area contributed by atoms with E-state index in [0.29, 0.717) is 5.82 Å². The Kier molecular flexibility index (Phi) is 7.17. The minimum absolute atomic E-state index is 0.0779. The third kappa shape index (κ3) is 5.66. The van der Waals surface area contributed by atoms with Gasteiger partial charge in [0.05, 0.1) is 6.04 Å². The summed E-state index contributed by atoms with van der Waals surface area (Å²) < 4.78 is 1.43. The van der Waals surface area contributed by atoms with Gasteiger partial charge in [-0.2, -0.15) is 0 Å². The fourth-order valence-electron chi connectivity index (χ4n) is 1.91. The van der Waals surface area contributed by atoms with E-state index in [0.717, 1.165) is 32.0 Å². The fraction of sp³-hybridized carbons (Fsp3) is 0.818. The van der Waals surface area contributed by atoms with Gasteiger partial charge in [-0.1, -0.05) is 26.1 Å². The molecule has 0 aromatic carbocycles. The molecule has 112 valence electrons. The van der Waals surface area contributed by atoms with Gasteiger partial charge in [0.1, 0.15) is 6.54 Å². The molecule has 0 aliphatic heterocycles. The molecule has 9 heteroatoms. The number of nitrogens with one attached hydrogen (secondary N) is 1. The number of nitrogens with zero attached hydrogens (tertiary/aromatic N) is 4. The third-order valence-electron chi connectivity index (χ3n) is 3.10. The van der Waals surface area contributed by atoms with Crippen molar-refractivity contribution in [1.29, 1.82) is 0 Å². The van der Waals surface area contributed by atoms with Crippen LogP contribution in [0.15, 0.2) is 0 Å². The predicted molar refractivity (Wildman–Crippen MR) is 75.9 cm³/mol. The molecule has 0 aliphatic rings. The van der Waals surface area contributed by atoms with Gasteiger partial charge in [-0.25, -0.2) is 4.68 Å². The quantitative estimate of drug-likeness (QED) is 0.418. The maximum atomic E-state index is 11.3. The molecule has 0 aliphatic carbocycles. The molecule has 0 spiro atoms. The van der Waals surface area contributed by atoms with Crippen molar-refractivity contribution in [3.8, 4) is 0 Å². The molecule has 8 nitrogen and oxygen atoms in total. The van der Waals surface area contributed by atoms with Crippen molar-refractivity contribution < 1.29 is 9.82 Å². The number of tetrazole rings is 1. The molecule has 1 atom stereocenters. The number of rotatable bonds is 9. The Hall–Kier alpha value is -1.48. The Balaban J connectivity index is 2.37. The molecule has 0 saturated heterocycles. The smallest absolute Gasteiger partial charge is 0.285 e. The minimum atomic E-state index is -0.277. The molecule has 1 amide bonds. The largest absolute Gasteiger partial charge is 0.451 e. The molecule has 0 fully saturated rings. The van der Waals surface area contributed by atoms with Crippen LogP contribution in [0.2, 0.25) is 13.1 Å². The zero-order chi connectivity index (χ0) is 15.0. The van der Waals surface area contributed by atoms with E-state index >= 15 is 0 Å². The van der Waals surface area contributed by atoms with Crippen molar-refractivity contribution in [2.45, 2.75) is 51.4 Å². The van der Waals surface area contributed by atoms with Crippen molar-refractivity contribution in [3.05, 3.63) is 5.82 Å². The van der Waals surface area contributed by atoms with Crippen LogP contribution in [0.3, 0.4) is 0 Å². The van der Waals surface area contributed by atoms with Gasteiger partial charge < -0.3 is 16.1 Å². The van der Waals surface area contributed by atoms with Crippen LogP contribution in [-0.2, 0) is 11.3 Å². The van der Waals surface area contributed by atoms with E-state index in [2.05, 4.69) is 20.8 Å². The Labute approximate surface area is 119 Å². The Morgan fingerprint density at radius 1 is 1.50 bits per heavy atom. The zero-order valence-electron chi connectivity index (χ0n) is 12.1. The van der Waals surface area contributed by atoms with E-state index in [9.17, 15) is 4.79 Å². The topological polar surface area (TPSA) is 119 Å². The highest BCUT2D eigenvalue weighted by Gasteiger charge is 2.16. The lowest BCUT2D eigenvalue weighted by atomic mass is 9.67. The van der Waals surface area contributed by atoms with E-state index in [1.807, 2.05) is 0 Å². The molecule has 0 radical (unpaired) electrons. The van der Waals surface area contributed by atoms with Crippen LogP contribution in [-0.4, -0.2) is 45.1 Å². The van der Waals surface area contributed by atoms with Crippen LogP contribution in [0.1, 0.15) is 37.5 Å². The van der Waals surface area contributed by atoms with Gasteiger partial charge >= 0.3 is 0 Å². The maximum absolute atomic E-state index is 11.3. The molecule has 4 N–H and O–H groups in total. The van der Waals surface area contributed by atoms with Crippen molar-refractivity contribution >= 4 is 12.8 Å². The van der Waals surface area contributed by atoms with Gasteiger partial charge in [-0.3, -0.25) is 4.79 Å². The number of unbranched alkanes of at least 4 members (excludes halogenated alkanes) is 2. The molecule has 0 bridgehead atoms. The standard InChI is InChI=1S/C11H23BN6O2/c1-12(20)7-5-3-4-6-9(13)11-15-16-17-18(11)8-10(19)14-2/h9,20H,3-8,13H2,1-2H3,(H,14,19). The summed E-state index contributed by atoms with van der Waals surface area (Å²) in [6.07, 6.45) is 4.50. The van der Waals surface area contributed by atoms with Gasteiger partial charge in [-0.05, 0) is 23.2 Å². The number of carbonyl (C=O) groups is 1. The third-order valence-corrected chi connectivity index (χ3v) is 3.10. The zero-order valence-corrected chi connectivity index (χ0v) is 12.1. The minimum Gasteiger partial charge on any atom is -0.451 e. The van der Waals surface area contributed by atoms with E-state index in [-0.39, 0.29) is 25.4 Å². The molecule has 1 heterocycles. The first kappa shape index (κ1) is 16.6. The molecule has 1 aromatic rings. The van der Waals surface area contributed by atoms with Crippen molar-refractivity contribution in [2.24, 2.45) is 5.73 Å². The highest BCUT2D eigenvalue weighted by atomic mass is 16.2. The van der Waals surface area contributed by atoms with E-state index < -0.39 is 0 Å². The summed E-state index contributed by atoms with van der Waals surface area (Å²) in [5.41, 5.74) is 6.06. The molecular formula is C11H23BN6O2. The summed E-state index contributed by atoms with van der Waals surface area (Å²) in [6, 6.07) is -0.277. The van der Waals surface area contributed by atoms with Gasteiger partial charge in [-0.15, -0.1) is 5.10 Å². The first-order valence-corrected chi connectivity index (χ1v) is 6.95. The van der Waals surface area contributed by atoms with Gasteiger partial charge in [0.2, 0.25) is 5.91 Å². The van der Waals surface area contributed by atoms with Crippen LogP contribution in [0, 0.1) is 0 Å². The fourth-order valence-corrected chi connectivity index (χ4v) is 1.91. The Bertz CT molecular complexity index is 411.